The minimum Gasteiger partial charge on any atom is -0.496 e. The van der Waals surface area contributed by atoms with E-state index in [0.29, 0.717) is 5.13 Å². The molecular formula is C13H16N2OS. The first-order valence-electron chi connectivity index (χ1n) is 5.45. The standard InChI is InChI=1S/C13H16N2OS/c1-8-6-10(4-5-11(8)16-3)7-12-9(2)15-13(14)17-12/h4-6H,7H2,1-3H3,(H2,14,15). The van der Waals surface area contributed by atoms with Crippen LogP contribution in [-0.4, -0.2) is 12.1 Å². The summed E-state index contributed by atoms with van der Waals surface area (Å²) < 4.78 is 5.25. The molecule has 2 rings (SSSR count). The number of nitrogen functional groups attached to an aromatic ring is 1. The van der Waals surface area contributed by atoms with Crippen molar-refractivity contribution in [2.24, 2.45) is 0 Å². The fourth-order valence-corrected chi connectivity index (χ4v) is 2.72. The normalized spacial score (nSPS) is 10.5. The number of ether oxygens (including phenoxy) is 1. The highest BCUT2D eigenvalue weighted by Crippen LogP contribution is 2.25. The highest BCUT2D eigenvalue weighted by atomic mass is 32.1. The number of thiazole rings is 1. The molecule has 90 valence electrons. The van der Waals surface area contributed by atoms with Crippen molar-refractivity contribution in [2.75, 3.05) is 12.8 Å². The Bertz CT molecular complexity index is 534. The number of rotatable bonds is 3. The quantitative estimate of drug-likeness (QED) is 0.908. The monoisotopic (exact) mass is 248 g/mol. The van der Waals surface area contributed by atoms with Crippen LogP contribution >= 0.6 is 11.3 Å². The van der Waals surface area contributed by atoms with Gasteiger partial charge in [0.2, 0.25) is 0 Å². The molecule has 3 nitrogen and oxygen atoms in total. The summed E-state index contributed by atoms with van der Waals surface area (Å²) in [5.41, 5.74) is 9.14. The Kier molecular flexibility index (Phi) is 3.33. The maximum Gasteiger partial charge on any atom is 0.180 e. The van der Waals surface area contributed by atoms with Gasteiger partial charge in [0.1, 0.15) is 5.75 Å². The number of aromatic nitrogens is 1. The van der Waals surface area contributed by atoms with Crippen molar-refractivity contribution >= 4 is 16.5 Å². The number of aryl methyl sites for hydroxylation is 2. The van der Waals surface area contributed by atoms with E-state index in [4.69, 9.17) is 10.5 Å². The summed E-state index contributed by atoms with van der Waals surface area (Å²) in [6.07, 6.45) is 0.880. The number of nitrogens with two attached hydrogens (primary N) is 1. The van der Waals surface area contributed by atoms with Gasteiger partial charge in [0, 0.05) is 11.3 Å². The van der Waals surface area contributed by atoms with Crippen molar-refractivity contribution in [1.82, 2.24) is 4.98 Å². The first-order chi connectivity index (χ1) is 8.10. The van der Waals surface area contributed by atoms with Gasteiger partial charge in [0.05, 0.1) is 12.8 Å². The lowest BCUT2D eigenvalue weighted by Gasteiger charge is -2.06. The van der Waals surface area contributed by atoms with Crippen molar-refractivity contribution in [3.63, 3.8) is 0 Å². The second-order valence-corrected chi connectivity index (χ2v) is 5.16. The van der Waals surface area contributed by atoms with E-state index >= 15 is 0 Å². The van der Waals surface area contributed by atoms with Gasteiger partial charge in [0.25, 0.3) is 0 Å². The molecule has 0 aliphatic rings. The molecule has 0 saturated carbocycles. The first-order valence-corrected chi connectivity index (χ1v) is 6.27. The molecule has 0 radical (unpaired) electrons. The molecule has 0 spiro atoms. The van der Waals surface area contributed by atoms with Gasteiger partial charge < -0.3 is 10.5 Å². The Morgan fingerprint density at radius 3 is 2.65 bits per heavy atom. The Hall–Kier alpha value is -1.55. The summed E-state index contributed by atoms with van der Waals surface area (Å²) in [6, 6.07) is 6.24. The van der Waals surface area contributed by atoms with Gasteiger partial charge >= 0.3 is 0 Å². The Morgan fingerprint density at radius 2 is 2.12 bits per heavy atom. The molecule has 2 aromatic rings. The van der Waals surface area contributed by atoms with Gasteiger partial charge in [-0.3, -0.25) is 0 Å². The average Bonchev–Trinajstić information content (AvgIpc) is 2.58. The Balaban J connectivity index is 2.24. The molecule has 0 aliphatic carbocycles. The molecule has 0 fully saturated rings. The van der Waals surface area contributed by atoms with Crippen LogP contribution in [0.5, 0.6) is 5.75 Å². The summed E-state index contributed by atoms with van der Waals surface area (Å²) in [6.45, 7) is 4.05. The van der Waals surface area contributed by atoms with Crippen LogP contribution in [0.15, 0.2) is 18.2 Å². The van der Waals surface area contributed by atoms with Crippen LogP contribution in [0.1, 0.15) is 21.7 Å². The highest BCUT2D eigenvalue weighted by Gasteiger charge is 2.07. The van der Waals surface area contributed by atoms with Crippen molar-refractivity contribution in [3.05, 3.63) is 39.9 Å². The van der Waals surface area contributed by atoms with Crippen LogP contribution < -0.4 is 10.5 Å². The number of hydrogen-bond acceptors (Lipinski definition) is 4. The van der Waals surface area contributed by atoms with E-state index in [-0.39, 0.29) is 0 Å². The van der Waals surface area contributed by atoms with Gasteiger partial charge in [-0.05, 0) is 31.0 Å². The predicted octanol–water partition coefficient (Wildman–Crippen LogP) is 2.94. The van der Waals surface area contributed by atoms with Crippen LogP contribution in [0.4, 0.5) is 5.13 Å². The van der Waals surface area contributed by atoms with Gasteiger partial charge in [-0.1, -0.05) is 12.1 Å². The average molecular weight is 248 g/mol. The van der Waals surface area contributed by atoms with Crippen LogP contribution in [-0.2, 0) is 6.42 Å². The predicted molar refractivity (Wildman–Crippen MR) is 71.8 cm³/mol. The van der Waals surface area contributed by atoms with Gasteiger partial charge in [-0.15, -0.1) is 11.3 Å². The summed E-state index contributed by atoms with van der Waals surface area (Å²) >= 11 is 1.56. The summed E-state index contributed by atoms with van der Waals surface area (Å²) in [7, 11) is 1.69. The van der Waals surface area contributed by atoms with Crippen LogP contribution in [0.25, 0.3) is 0 Å². The first kappa shape index (κ1) is 11.9. The largest absolute Gasteiger partial charge is 0.496 e. The molecule has 2 N–H and O–H groups in total. The maximum absolute atomic E-state index is 5.70. The molecule has 0 aliphatic heterocycles. The van der Waals surface area contributed by atoms with E-state index < -0.39 is 0 Å². The SMILES string of the molecule is COc1ccc(Cc2sc(N)nc2C)cc1C. The molecule has 4 heteroatoms. The van der Waals surface area contributed by atoms with Crippen molar-refractivity contribution in [3.8, 4) is 5.75 Å². The van der Waals surface area contributed by atoms with E-state index in [1.807, 2.05) is 13.0 Å². The van der Waals surface area contributed by atoms with E-state index in [9.17, 15) is 0 Å². The fraction of sp³-hybridized carbons (Fsp3) is 0.308. The third-order valence-electron chi connectivity index (χ3n) is 2.73. The number of hydrogen-bond donors (Lipinski definition) is 1. The summed E-state index contributed by atoms with van der Waals surface area (Å²) in [5, 5.41) is 0.641. The Morgan fingerprint density at radius 1 is 1.35 bits per heavy atom. The Labute approximate surface area is 105 Å². The smallest absolute Gasteiger partial charge is 0.180 e. The summed E-state index contributed by atoms with van der Waals surface area (Å²) in [5.74, 6) is 0.925. The molecule has 0 unspecified atom stereocenters. The molecule has 1 aromatic carbocycles. The van der Waals surface area contributed by atoms with E-state index in [1.54, 1.807) is 18.4 Å². The number of anilines is 1. The van der Waals surface area contributed by atoms with Gasteiger partial charge in [-0.25, -0.2) is 4.98 Å². The molecule has 1 heterocycles. The van der Waals surface area contributed by atoms with E-state index in [2.05, 4.69) is 24.0 Å². The summed E-state index contributed by atoms with van der Waals surface area (Å²) in [4.78, 5) is 5.46. The van der Waals surface area contributed by atoms with Gasteiger partial charge in [-0.2, -0.15) is 0 Å². The van der Waals surface area contributed by atoms with Crippen LogP contribution in [0, 0.1) is 13.8 Å². The molecule has 17 heavy (non-hydrogen) atoms. The van der Waals surface area contributed by atoms with E-state index in [0.717, 1.165) is 23.4 Å². The minimum atomic E-state index is 0.641. The van der Waals surface area contributed by atoms with Crippen LogP contribution in [0.2, 0.25) is 0 Å². The third kappa shape index (κ3) is 2.58. The van der Waals surface area contributed by atoms with Gasteiger partial charge in [0.15, 0.2) is 5.13 Å². The third-order valence-corrected chi connectivity index (χ3v) is 3.72. The zero-order chi connectivity index (χ0) is 12.4. The topological polar surface area (TPSA) is 48.1 Å². The second-order valence-electron chi connectivity index (χ2n) is 4.04. The van der Waals surface area contributed by atoms with Crippen molar-refractivity contribution < 1.29 is 4.74 Å². The number of benzene rings is 1. The zero-order valence-corrected chi connectivity index (χ0v) is 11.1. The molecule has 0 amide bonds. The number of methoxy groups -OCH3 is 1. The lowest BCUT2D eigenvalue weighted by molar-refractivity contribution is 0.411. The fourth-order valence-electron chi connectivity index (χ4n) is 1.85. The highest BCUT2D eigenvalue weighted by molar-refractivity contribution is 7.15. The second kappa shape index (κ2) is 4.75. The molecule has 0 atom stereocenters. The van der Waals surface area contributed by atoms with Crippen molar-refractivity contribution in [2.45, 2.75) is 20.3 Å². The molecule has 0 bridgehead atoms. The lowest BCUT2D eigenvalue weighted by atomic mass is 10.1. The van der Waals surface area contributed by atoms with Crippen LogP contribution in [0.3, 0.4) is 0 Å². The van der Waals surface area contributed by atoms with E-state index in [1.165, 1.54) is 10.4 Å². The zero-order valence-electron chi connectivity index (χ0n) is 10.3. The molecular weight excluding hydrogens is 232 g/mol. The molecule has 0 saturated heterocycles. The minimum absolute atomic E-state index is 0.641. The molecule has 1 aromatic heterocycles. The number of nitrogens with zero attached hydrogens (tertiary/aromatic N) is 1. The van der Waals surface area contributed by atoms with Crippen molar-refractivity contribution in [1.29, 1.82) is 0 Å². The maximum atomic E-state index is 5.70. The lowest BCUT2D eigenvalue weighted by Crippen LogP contribution is -1.92.